The Hall–Kier alpha value is -1.85. The summed E-state index contributed by atoms with van der Waals surface area (Å²) >= 11 is 0. The van der Waals surface area contributed by atoms with Crippen LogP contribution in [0.5, 0.6) is 0 Å². The van der Waals surface area contributed by atoms with E-state index in [2.05, 4.69) is 32.9 Å². The summed E-state index contributed by atoms with van der Waals surface area (Å²) < 4.78 is 16.9. The molecule has 0 aliphatic rings. The molecule has 0 fully saturated rings. The van der Waals surface area contributed by atoms with Gasteiger partial charge in [0.25, 0.3) is 0 Å². The average Bonchev–Trinajstić information content (AvgIpc) is 3.31. The van der Waals surface area contributed by atoms with Gasteiger partial charge in [-0.2, -0.15) is 0 Å². The van der Waals surface area contributed by atoms with Crippen LogP contribution < -0.4 is 0 Å². The van der Waals surface area contributed by atoms with Crippen LogP contribution >= 0.6 is 0 Å². The number of carbonyl (C=O) groups excluding carboxylic acids is 3. The maximum atomic E-state index is 12.9. The van der Waals surface area contributed by atoms with Gasteiger partial charge in [0.15, 0.2) is 6.10 Å². The molecule has 6 nitrogen and oxygen atoms in total. The van der Waals surface area contributed by atoms with Gasteiger partial charge in [-0.05, 0) is 44.9 Å². The molecule has 0 aromatic rings. The normalized spacial score (nSPS) is 12.0. The lowest BCUT2D eigenvalue weighted by molar-refractivity contribution is -0.167. The number of hydrogen-bond donors (Lipinski definition) is 0. The van der Waals surface area contributed by atoms with E-state index in [4.69, 9.17) is 14.2 Å². The molecule has 390 valence electrons. The summed E-state index contributed by atoms with van der Waals surface area (Å²) in [5, 5.41) is 0. The summed E-state index contributed by atoms with van der Waals surface area (Å²) in [6.07, 6.45) is 63.4. The Balaban J connectivity index is 4.31. The Morgan fingerprint density at radius 3 is 0.758 bits per heavy atom. The summed E-state index contributed by atoms with van der Waals surface area (Å²) in [5.41, 5.74) is 0. The summed E-state index contributed by atoms with van der Waals surface area (Å²) in [6, 6.07) is 0. The van der Waals surface area contributed by atoms with E-state index in [1.54, 1.807) is 0 Å². The lowest BCUT2D eigenvalue weighted by Crippen LogP contribution is -2.30. The molecule has 0 aromatic heterocycles. The Kier molecular flexibility index (Phi) is 54.2. The highest BCUT2D eigenvalue weighted by molar-refractivity contribution is 5.71. The highest BCUT2D eigenvalue weighted by atomic mass is 16.6. The molecule has 0 aliphatic carbocycles. The molecule has 0 unspecified atom stereocenters. The zero-order chi connectivity index (χ0) is 47.9. The maximum absolute atomic E-state index is 12.9. The highest BCUT2D eigenvalue weighted by Crippen LogP contribution is 2.17. The SMILES string of the molecule is CCCCCCCC/C=C\CCCCCCCCCC(=O)OC[C@@H](COC(=O)CCCCCCCCCCCCCCCCC)OC(=O)CCCCCCCCCCCCCCCCCC. The van der Waals surface area contributed by atoms with Crippen LogP contribution in [-0.4, -0.2) is 37.2 Å². The number of carbonyl (C=O) groups is 3. The summed E-state index contributed by atoms with van der Waals surface area (Å²) in [6.45, 7) is 6.70. The Morgan fingerprint density at radius 1 is 0.288 bits per heavy atom. The molecule has 66 heavy (non-hydrogen) atoms. The monoisotopic (exact) mass is 931 g/mol. The molecule has 0 spiro atoms. The number of unbranched alkanes of at least 4 members (excludes halogenated alkanes) is 42. The van der Waals surface area contributed by atoms with E-state index < -0.39 is 6.10 Å². The minimum absolute atomic E-state index is 0.0650. The van der Waals surface area contributed by atoms with Crippen molar-refractivity contribution in [2.24, 2.45) is 0 Å². The van der Waals surface area contributed by atoms with Crippen molar-refractivity contribution in [3.8, 4) is 0 Å². The first-order valence-electron chi connectivity index (χ1n) is 29.7. The molecule has 0 bridgehead atoms. The number of rotatable bonds is 55. The topological polar surface area (TPSA) is 78.9 Å². The van der Waals surface area contributed by atoms with E-state index in [9.17, 15) is 14.4 Å². The smallest absolute Gasteiger partial charge is 0.306 e. The second-order valence-electron chi connectivity index (χ2n) is 20.3. The standard InChI is InChI=1S/C60H114O6/c1-4-7-10-13-16-19-22-25-28-30-33-35-38-41-44-47-50-53-59(62)65-56-57(55-64-58(61)52-49-46-43-40-37-34-31-27-24-21-18-15-12-9-6-3)66-60(63)54-51-48-45-42-39-36-32-29-26-23-20-17-14-11-8-5-2/h25,28,57H,4-24,26-27,29-56H2,1-3H3/b28-25-/t57-/m1/s1. The number of hydrogen-bond acceptors (Lipinski definition) is 6. The fourth-order valence-electron chi connectivity index (χ4n) is 9.03. The van der Waals surface area contributed by atoms with Crippen LogP contribution in [0.2, 0.25) is 0 Å². The van der Waals surface area contributed by atoms with E-state index in [-0.39, 0.29) is 31.1 Å². The minimum Gasteiger partial charge on any atom is -0.462 e. The van der Waals surface area contributed by atoms with E-state index in [1.165, 1.54) is 238 Å². The molecule has 1 atom stereocenters. The van der Waals surface area contributed by atoms with Gasteiger partial charge in [0, 0.05) is 19.3 Å². The van der Waals surface area contributed by atoms with Crippen LogP contribution in [0.3, 0.4) is 0 Å². The Morgan fingerprint density at radius 2 is 0.500 bits per heavy atom. The van der Waals surface area contributed by atoms with Crippen LogP contribution in [0.25, 0.3) is 0 Å². The van der Waals surface area contributed by atoms with Gasteiger partial charge in [0.2, 0.25) is 0 Å². The predicted octanol–water partition coefficient (Wildman–Crippen LogP) is 19.7. The zero-order valence-corrected chi connectivity index (χ0v) is 44.7. The van der Waals surface area contributed by atoms with Crippen molar-refractivity contribution in [3.05, 3.63) is 12.2 Å². The second kappa shape index (κ2) is 55.7. The lowest BCUT2D eigenvalue weighted by atomic mass is 10.0. The van der Waals surface area contributed by atoms with Crippen molar-refractivity contribution in [1.29, 1.82) is 0 Å². The molecule has 0 saturated carbocycles. The van der Waals surface area contributed by atoms with Gasteiger partial charge in [-0.1, -0.05) is 283 Å². The van der Waals surface area contributed by atoms with Gasteiger partial charge < -0.3 is 14.2 Å². The summed E-state index contributed by atoms with van der Waals surface area (Å²) in [5.74, 6) is -0.843. The van der Waals surface area contributed by atoms with Gasteiger partial charge in [0.1, 0.15) is 13.2 Å². The third-order valence-corrected chi connectivity index (χ3v) is 13.5. The van der Waals surface area contributed by atoms with Gasteiger partial charge in [-0.3, -0.25) is 14.4 Å². The Bertz CT molecular complexity index is 1020. The van der Waals surface area contributed by atoms with Gasteiger partial charge in [-0.15, -0.1) is 0 Å². The van der Waals surface area contributed by atoms with Crippen LogP contribution in [-0.2, 0) is 28.6 Å². The Labute approximate surface area is 411 Å². The molecule has 0 aliphatic heterocycles. The molecule has 0 heterocycles. The first-order valence-corrected chi connectivity index (χ1v) is 29.7. The highest BCUT2D eigenvalue weighted by Gasteiger charge is 2.19. The van der Waals surface area contributed by atoms with E-state index in [0.717, 1.165) is 57.8 Å². The maximum Gasteiger partial charge on any atom is 0.306 e. The van der Waals surface area contributed by atoms with Gasteiger partial charge >= 0.3 is 17.9 Å². The molecular weight excluding hydrogens is 817 g/mol. The van der Waals surface area contributed by atoms with Gasteiger partial charge in [-0.25, -0.2) is 0 Å². The summed E-state index contributed by atoms with van der Waals surface area (Å²) in [7, 11) is 0. The molecule has 0 aromatic carbocycles. The fraction of sp³-hybridized carbons (Fsp3) is 0.917. The van der Waals surface area contributed by atoms with Crippen LogP contribution in [0.15, 0.2) is 12.2 Å². The number of ether oxygens (including phenoxy) is 3. The number of esters is 3. The third kappa shape index (κ3) is 53.1. The fourth-order valence-corrected chi connectivity index (χ4v) is 9.03. The molecule has 0 rings (SSSR count). The third-order valence-electron chi connectivity index (χ3n) is 13.5. The van der Waals surface area contributed by atoms with Crippen molar-refractivity contribution in [2.45, 2.75) is 341 Å². The molecule has 6 heteroatoms. The number of allylic oxidation sites excluding steroid dienone is 2. The van der Waals surface area contributed by atoms with E-state index in [1.807, 2.05) is 0 Å². The van der Waals surface area contributed by atoms with Crippen LogP contribution in [0.4, 0.5) is 0 Å². The molecule has 0 amide bonds. The van der Waals surface area contributed by atoms with Crippen molar-refractivity contribution in [3.63, 3.8) is 0 Å². The van der Waals surface area contributed by atoms with E-state index >= 15 is 0 Å². The van der Waals surface area contributed by atoms with E-state index in [0.29, 0.717) is 19.3 Å². The minimum atomic E-state index is -0.766. The van der Waals surface area contributed by atoms with Crippen molar-refractivity contribution >= 4 is 17.9 Å². The van der Waals surface area contributed by atoms with Crippen molar-refractivity contribution in [2.75, 3.05) is 13.2 Å². The van der Waals surface area contributed by atoms with Crippen molar-refractivity contribution < 1.29 is 28.6 Å². The second-order valence-corrected chi connectivity index (χ2v) is 20.3. The molecule has 0 radical (unpaired) electrons. The quantitative estimate of drug-likeness (QED) is 0.0262. The predicted molar refractivity (Wildman–Crippen MR) is 284 cm³/mol. The first-order chi connectivity index (χ1) is 32.5. The molecular formula is C60H114O6. The molecule has 0 saturated heterocycles. The largest absolute Gasteiger partial charge is 0.462 e. The van der Waals surface area contributed by atoms with Crippen LogP contribution in [0, 0.1) is 0 Å². The zero-order valence-electron chi connectivity index (χ0n) is 44.7. The average molecular weight is 932 g/mol. The van der Waals surface area contributed by atoms with Crippen molar-refractivity contribution in [1.82, 2.24) is 0 Å². The van der Waals surface area contributed by atoms with Gasteiger partial charge in [0.05, 0.1) is 0 Å². The lowest BCUT2D eigenvalue weighted by Gasteiger charge is -2.18. The van der Waals surface area contributed by atoms with Crippen LogP contribution in [0.1, 0.15) is 335 Å². The first kappa shape index (κ1) is 64.2. The summed E-state index contributed by atoms with van der Waals surface area (Å²) in [4.78, 5) is 38.2. The molecule has 0 N–H and O–H groups in total.